The number of anilines is 1. The molecule has 2 aliphatic heterocycles. The molecule has 15 nitrogen and oxygen atoms in total. The van der Waals surface area contributed by atoms with Gasteiger partial charge in [0.05, 0.1) is 12.6 Å². The van der Waals surface area contributed by atoms with E-state index in [1.165, 1.54) is 4.90 Å². The highest BCUT2D eigenvalue weighted by molar-refractivity contribution is 6.37. The number of nitrogens with one attached hydrogen (secondary N) is 3. The Hall–Kier alpha value is -4.30. The molecule has 0 radical (unpaired) electrons. The molecule has 0 spiro atoms. The molecule has 15 heteroatoms. The maximum atomic E-state index is 14.1. The molecule has 1 aromatic heterocycles. The van der Waals surface area contributed by atoms with Crippen LogP contribution >= 0.6 is 0 Å². The Labute approximate surface area is 275 Å². The number of piperazine rings is 1. The molecule has 47 heavy (non-hydrogen) atoms. The van der Waals surface area contributed by atoms with Crippen LogP contribution < -0.4 is 26.6 Å². The first-order chi connectivity index (χ1) is 22.2. The number of nitrogens with two attached hydrogens (primary N) is 1. The molecule has 4 rings (SSSR count). The summed E-state index contributed by atoms with van der Waals surface area (Å²) in [4.78, 5) is 91.8. The van der Waals surface area contributed by atoms with Crippen LogP contribution in [0.5, 0.6) is 0 Å². The van der Waals surface area contributed by atoms with Crippen LogP contribution in [0.2, 0.25) is 0 Å². The van der Waals surface area contributed by atoms with E-state index in [1.54, 1.807) is 44.1 Å². The molecular weight excluding hydrogens is 606 g/mol. The molecule has 3 heterocycles. The van der Waals surface area contributed by atoms with Crippen molar-refractivity contribution in [1.82, 2.24) is 35.7 Å². The number of carbonyl (C=O) groups is 6. The number of amides is 6. The summed E-state index contributed by atoms with van der Waals surface area (Å²) in [5.41, 5.74) is 4.53. The fourth-order valence-electron chi connectivity index (χ4n) is 6.32. The zero-order valence-electron chi connectivity index (χ0n) is 28.0. The molecule has 3 fully saturated rings. The van der Waals surface area contributed by atoms with E-state index < -0.39 is 53.1 Å². The first-order valence-electron chi connectivity index (χ1n) is 16.5. The number of Topliss-reactive ketones (excluding diaryl/α,β-unsaturated/α-hetero) is 1. The number of nitrogens with zero attached hydrogens (tertiary/aromatic N) is 5. The number of hydrogen-bond acceptors (Lipinski definition) is 9. The zero-order chi connectivity index (χ0) is 34.5. The van der Waals surface area contributed by atoms with Crippen LogP contribution in [0.3, 0.4) is 0 Å². The van der Waals surface area contributed by atoms with E-state index in [1.807, 2.05) is 18.7 Å². The van der Waals surface area contributed by atoms with Crippen molar-refractivity contribution in [3.8, 4) is 0 Å². The lowest BCUT2D eigenvalue weighted by atomic mass is 9.84. The summed E-state index contributed by atoms with van der Waals surface area (Å²) < 4.78 is 0. The molecule has 2 saturated heterocycles. The number of aromatic nitrogens is 2. The third-order valence-electron chi connectivity index (χ3n) is 9.25. The van der Waals surface area contributed by atoms with Crippen LogP contribution in [0.15, 0.2) is 18.5 Å². The van der Waals surface area contributed by atoms with Gasteiger partial charge in [0.25, 0.3) is 5.91 Å². The molecule has 5 N–H and O–H groups in total. The van der Waals surface area contributed by atoms with Crippen molar-refractivity contribution in [3.05, 3.63) is 18.5 Å². The van der Waals surface area contributed by atoms with Gasteiger partial charge in [0.15, 0.2) is 0 Å². The summed E-state index contributed by atoms with van der Waals surface area (Å²) in [6.45, 7) is 11.4. The number of rotatable bonds is 12. The van der Waals surface area contributed by atoms with Crippen LogP contribution in [0.1, 0.15) is 60.3 Å². The third kappa shape index (κ3) is 9.16. The Bertz CT molecular complexity index is 1320. The van der Waals surface area contributed by atoms with E-state index in [0.29, 0.717) is 45.0 Å². The van der Waals surface area contributed by atoms with Gasteiger partial charge in [0, 0.05) is 45.1 Å². The normalized spacial score (nSPS) is 21.2. The Morgan fingerprint density at radius 2 is 1.57 bits per heavy atom. The van der Waals surface area contributed by atoms with Crippen molar-refractivity contribution in [2.75, 3.05) is 44.2 Å². The smallest absolute Gasteiger partial charge is 0.315 e. The molecule has 1 saturated carbocycles. The van der Waals surface area contributed by atoms with Crippen molar-refractivity contribution in [2.45, 2.75) is 78.4 Å². The van der Waals surface area contributed by atoms with Gasteiger partial charge in [-0.05, 0) is 42.1 Å². The minimum atomic E-state index is -1.11. The summed E-state index contributed by atoms with van der Waals surface area (Å²) >= 11 is 0. The molecule has 1 aliphatic carbocycles. The highest BCUT2D eigenvalue weighted by Crippen LogP contribution is 2.35. The Morgan fingerprint density at radius 3 is 2.13 bits per heavy atom. The van der Waals surface area contributed by atoms with Crippen molar-refractivity contribution >= 4 is 41.4 Å². The van der Waals surface area contributed by atoms with E-state index in [4.69, 9.17) is 5.73 Å². The Balaban J connectivity index is 1.38. The fourth-order valence-corrected chi connectivity index (χ4v) is 6.32. The number of carbonyl (C=O) groups excluding carboxylic acids is 6. The summed E-state index contributed by atoms with van der Waals surface area (Å²) in [6, 6.07) is -1.92. The fraction of sp³-hybridized carbons (Fsp3) is 0.688. The molecule has 3 aliphatic rings. The van der Waals surface area contributed by atoms with Gasteiger partial charge in [-0.25, -0.2) is 14.8 Å². The topological polar surface area (TPSA) is 200 Å². The van der Waals surface area contributed by atoms with Gasteiger partial charge in [-0.15, -0.1) is 0 Å². The van der Waals surface area contributed by atoms with Crippen molar-refractivity contribution in [1.29, 1.82) is 0 Å². The minimum absolute atomic E-state index is 0.0368. The van der Waals surface area contributed by atoms with E-state index >= 15 is 0 Å². The number of urea groups is 1. The van der Waals surface area contributed by atoms with E-state index in [0.717, 1.165) is 12.8 Å². The van der Waals surface area contributed by atoms with Crippen LogP contribution in [0.25, 0.3) is 0 Å². The van der Waals surface area contributed by atoms with E-state index in [2.05, 4.69) is 25.9 Å². The summed E-state index contributed by atoms with van der Waals surface area (Å²) in [7, 11) is 0. The quantitative estimate of drug-likeness (QED) is 0.225. The molecule has 1 aromatic rings. The van der Waals surface area contributed by atoms with Crippen molar-refractivity contribution < 1.29 is 28.8 Å². The second-order valence-electron chi connectivity index (χ2n) is 14.2. The highest BCUT2D eigenvalue weighted by Gasteiger charge is 2.48. The van der Waals surface area contributed by atoms with E-state index in [9.17, 15) is 28.8 Å². The Kier molecular flexibility index (Phi) is 11.4. The second-order valence-corrected chi connectivity index (χ2v) is 14.2. The Morgan fingerprint density at radius 1 is 0.936 bits per heavy atom. The highest BCUT2D eigenvalue weighted by atomic mass is 16.2. The lowest BCUT2D eigenvalue weighted by Crippen LogP contribution is -2.61. The maximum absolute atomic E-state index is 14.1. The minimum Gasteiger partial charge on any atom is -0.363 e. The van der Waals surface area contributed by atoms with Gasteiger partial charge in [0.1, 0.15) is 12.1 Å². The van der Waals surface area contributed by atoms with Crippen LogP contribution in [-0.4, -0.2) is 113 Å². The second kappa shape index (κ2) is 15.1. The SMILES string of the molecule is CC(C)C1CCN(C(=O)C(NC(=O)NCC(=O)N2CCN(c3ncccn3)CC2)C(C)(C)C)C1C(=O)NC(CC1CC1)C(=O)C(N)=O. The van der Waals surface area contributed by atoms with Crippen LogP contribution in [0.4, 0.5) is 10.7 Å². The van der Waals surface area contributed by atoms with Crippen molar-refractivity contribution in [2.24, 2.45) is 28.9 Å². The standard InChI is InChI=1S/C32H49N9O6/c1-19(2)21-9-12-41(24(21)28(45)37-22(17-20-7-8-20)25(43)27(33)44)29(46)26(32(3,4)5)38-31(47)36-18-23(42)39-13-15-40(16-14-39)30-34-10-6-11-35-30/h6,10-11,19-22,24,26H,7-9,12-18H2,1-5H3,(H2,33,44)(H,37,45)(H2,36,38,47). The number of ketones is 1. The van der Waals surface area contributed by atoms with Crippen molar-refractivity contribution in [3.63, 3.8) is 0 Å². The first kappa shape index (κ1) is 35.6. The summed E-state index contributed by atoms with van der Waals surface area (Å²) in [5.74, 6) is -2.51. The molecule has 0 aromatic carbocycles. The number of primary amides is 1. The first-order valence-corrected chi connectivity index (χ1v) is 16.5. The average Bonchev–Trinajstić information content (AvgIpc) is 3.74. The number of likely N-dealkylation sites (tertiary alicyclic amines) is 1. The molecule has 4 unspecified atom stereocenters. The molecule has 6 amide bonds. The lowest BCUT2D eigenvalue weighted by Gasteiger charge is -2.37. The summed E-state index contributed by atoms with van der Waals surface area (Å²) in [6.07, 6.45) is 6.03. The number of hydrogen-bond donors (Lipinski definition) is 4. The molecular formula is C32H49N9O6. The average molecular weight is 656 g/mol. The van der Waals surface area contributed by atoms with Gasteiger partial charge >= 0.3 is 6.03 Å². The zero-order valence-corrected chi connectivity index (χ0v) is 28.0. The van der Waals surface area contributed by atoms with Gasteiger partial charge in [-0.3, -0.25) is 24.0 Å². The molecule has 258 valence electrons. The lowest BCUT2D eigenvalue weighted by molar-refractivity contribution is -0.144. The van der Waals surface area contributed by atoms with Gasteiger partial charge in [-0.1, -0.05) is 47.5 Å². The van der Waals surface area contributed by atoms with E-state index in [-0.39, 0.29) is 36.8 Å². The molecule has 4 atom stereocenters. The third-order valence-corrected chi connectivity index (χ3v) is 9.25. The van der Waals surface area contributed by atoms with Gasteiger partial charge in [0.2, 0.25) is 29.5 Å². The van der Waals surface area contributed by atoms with Crippen LogP contribution in [-0.2, 0) is 24.0 Å². The largest absolute Gasteiger partial charge is 0.363 e. The predicted molar refractivity (Wildman–Crippen MR) is 173 cm³/mol. The predicted octanol–water partition coefficient (Wildman–Crippen LogP) is 0.0515. The maximum Gasteiger partial charge on any atom is 0.315 e. The monoisotopic (exact) mass is 655 g/mol. The van der Waals surface area contributed by atoms with Gasteiger partial charge < -0.3 is 36.4 Å². The van der Waals surface area contributed by atoms with Crippen LogP contribution in [0, 0.1) is 23.2 Å². The summed E-state index contributed by atoms with van der Waals surface area (Å²) in [5, 5.41) is 8.08. The van der Waals surface area contributed by atoms with Gasteiger partial charge in [-0.2, -0.15) is 0 Å². The molecule has 0 bridgehead atoms.